The van der Waals surface area contributed by atoms with Crippen molar-refractivity contribution in [1.29, 1.82) is 0 Å². The molecule has 1 aromatic heterocycles. The normalized spacial score (nSPS) is 15.3. The Morgan fingerprint density at radius 2 is 1.48 bits per heavy atom. The summed E-state index contributed by atoms with van der Waals surface area (Å²) < 4.78 is 13.3. The Balaban J connectivity index is 0.00000158. The monoisotopic (exact) mass is 624 g/mol. The molecule has 9 nitrogen and oxygen atoms in total. The zero-order chi connectivity index (χ0) is 27.7. The summed E-state index contributed by atoms with van der Waals surface area (Å²) in [6.45, 7) is 4.67. The Kier molecular flexibility index (Phi) is 16.1. The number of carbonyl (C=O) groups is 1. The van der Waals surface area contributed by atoms with Gasteiger partial charge in [0.2, 0.25) is 5.91 Å². The maximum atomic E-state index is 11.4. The Morgan fingerprint density at radius 3 is 2.14 bits per heavy atom. The molecule has 4 aromatic rings. The van der Waals surface area contributed by atoms with Gasteiger partial charge in [-0.2, -0.15) is 0 Å². The van der Waals surface area contributed by atoms with Crippen LogP contribution >= 0.6 is 11.3 Å². The van der Waals surface area contributed by atoms with Crippen molar-refractivity contribution < 1.29 is 36.2 Å². The number of rotatable bonds is 10. The van der Waals surface area contributed by atoms with Gasteiger partial charge in [0.1, 0.15) is 24.7 Å². The number of benzene rings is 3. The standard InChI is InChI=1S/C32H34N2O3S.C2H2.4H2O/c35-31-16-11-25(33-31)22-37-27-14-9-24(10-15-27)32-29(28-5-1-2-6-30(28)38-32)21-23-7-12-26(13-8-23)36-20-19-34-17-3-4-18-34;1-2;;;;/h1-2,5-10,12-15,25H,3-4,11,16-22H2,(H,33,35);1-2H;4*1H2/t25-;;;;;/m0...../s1. The predicted molar refractivity (Wildman–Crippen MR) is 179 cm³/mol. The molecule has 1 amide bonds. The number of hydrogen-bond donors (Lipinski definition) is 1. The number of nitrogens with one attached hydrogen (secondary N) is 1. The second-order valence-corrected chi connectivity index (χ2v) is 11.3. The van der Waals surface area contributed by atoms with Crippen molar-refractivity contribution in [2.75, 3.05) is 32.8 Å². The lowest BCUT2D eigenvalue weighted by atomic mass is 9.99. The summed E-state index contributed by atoms with van der Waals surface area (Å²) in [5.41, 5.74) is 3.83. The third-order valence-electron chi connectivity index (χ3n) is 7.53. The molecule has 2 aliphatic heterocycles. The van der Waals surface area contributed by atoms with Crippen LogP contribution in [0.1, 0.15) is 36.8 Å². The second-order valence-electron chi connectivity index (χ2n) is 10.3. The van der Waals surface area contributed by atoms with Crippen LogP contribution in [0.4, 0.5) is 0 Å². The van der Waals surface area contributed by atoms with E-state index >= 15 is 0 Å². The average Bonchev–Trinajstić information content (AvgIpc) is 3.75. The molecule has 0 bridgehead atoms. The van der Waals surface area contributed by atoms with E-state index in [-0.39, 0.29) is 33.9 Å². The molecule has 3 heterocycles. The molecule has 10 heteroatoms. The van der Waals surface area contributed by atoms with E-state index in [1.807, 2.05) is 23.5 Å². The van der Waals surface area contributed by atoms with Gasteiger partial charge in [0.05, 0.1) is 6.04 Å². The fourth-order valence-corrected chi connectivity index (χ4v) is 6.64. The maximum Gasteiger partial charge on any atom is 0.220 e. The summed E-state index contributed by atoms with van der Waals surface area (Å²) >= 11 is 1.84. The van der Waals surface area contributed by atoms with E-state index in [4.69, 9.17) is 9.47 Å². The number of hydrogen-bond acceptors (Lipinski definition) is 5. The van der Waals surface area contributed by atoms with Gasteiger partial charge in [0, 0.05) is 22.5 Å². The van der Waals surface area contributed by atoms with Crippen LogP contribution in [0, 0.1) is 12.8 Å². The van der Waals surface area contributed by atoms with Crippen molar-refractivity contribution >= 4 is 27.3 Å². The summed E-state index contributed by atoms with van der Waals surface area (Å²) in [5.74, 6) is 1.89. The van der Waals surface area contributed by atoms with Gasteiger partial charge in [0.25, 0.3) is 0 Å². The molecule has 0 unspecified atom stereocenters. The second kappa shape index (κ2) is 18.7. The molecule has 2 fully saturated rings. The number of likely N-dealkylation sites (tertiary alicyclic amines) is 1. The number of nitrogens with zero attached hydrogens (tertiary/aromatic N) is 1. The fraction of sp³-hybridized carbons (Fsp3) is 0.324. The molecule has 6 rings (SSSR count). The molecule has 1 atom stereocenters. The Bertz CT molecular complexity index is 1430. The zero-order valence-electron chi connectivity index (χ0n) is 24.8. The molecule has 0 aliphatic carbocycles. The van der Waals surface area contributed by atoms with Crippen molar-refractivity contribution in [3.63, 3.8) is 0 Å². The van der Waals surface area contributed by atoms with Gasteiger partial charge in [-0.05, 0) is 103 Å². The van der Waals surface area contributed by atoms with E-state index in [0.717, 1.165) is 37.5 Å². The van der Waals surface area contributed by atoms with Gasteiger partial charge in [-0.1, -0.05) is 30.3 Å². The van der Waals surface area contributed by atoms with Gasteiger partial charge < -0.3 is 36.7 Å². The molecule has 9 N–H and O–H groups in total. The summed E-state index contributed by atoms with van der Waals surface area (Å²) in [6.07, 6.45) is 12.9. The van der Waals surface area contributed by atoms with E-state index in [9.17, 15) is 4.79 Å². The molecule has 2 aliphatic rings. The van der Waals surface area contributed by atoms with E-state index in [1.54, 1.807) is 0 Å². The molecule has 2 saturated heterocycles. The topological polar surface area (TPSA) is 177 Å². The van der Waals surface area contributed by atoms with Gasteiger partial charge >= 0.3 is 0 Å². The summed E-state index contributed by atoms with van der Waals surface area (Å²) in [6, 6.07) is 25.7. The van der Waals surface area contributed by atoms with Gasteiger partial charge in [0.15, 0.2) is 0 Å². The van der Waals surface area contributed by atoms with Crippen molar-refractivity contribution in [3.8, 4) is 34.8 Å². The Morgan fingerprint density at radius 1 is 0.841 bits per heavy atom. The van der Waals surface area contributed by atoms with E-state index in [0.29, 0.717) is 13.0 Å². The third kappa shape index (κ3) is 9.53. The van der Waals surface area contributed by atoms with Crippen LogP contribution in [-0.4, -0.2) is 71.6 Å². The van der Waals surface area contributed by atoms with E-state index < -0.39 is 0 Å². The number of carbonyl (C=O) groups excluding carboxylic acids is 1. The minimum Gasteiger partial charge on any atom is -0.492 e. The van der Waals surface area contributed by atoms with Crippen LogP contribution in [0.25, 0.3) is 20.5 Å². The van der Waals surface area contributed by atoms with E-state index in [1.165, 1.54) is 57.6 Å². The molecule has 238 valence electrons. The summed E-state index contributed by atoms with van der Waals surface area (Å²) in [7, 11) is 0. The zero-order valence-corrected chi connectivity index (χ0v) is 25.6. The highest BCUT2D eigenvalue weighted by atomic mass is 32.1. The minimum atomic E-state index is 0. The van der Waals surface area contributed by atoms with Crippen LogP contribution in [0.5, 0.6) is 11.5 Å². The first-order valence-electron chi connectivity index (χ1n) is 14.0. The minimum absolute atomic E-state index is 0. The predicted octanol–water partition coefficient (Wildman–Crippen LogP) is 3.24. The molecule has 3 aromatic carbocycles. The largest absolute Gasteiger partial charge is 0.492 e. The lowest BCUT2D eigenvalue weighted by molar-refractivity contribution is -0.119. The quantitative estimate of drug-likeness (QED) is 0.267. The van der Waals surface area contributed by atoms with E-state index in [2.05, 4.69) is 83.7 Å². The van der Waals surface area contributed by atoms with Crippen LogP contribution in [0.15, 0.2) is 72.8 Å². The van der Waals surface area contributed by atoms with Crippen LogP contribution in [-0.2, 0) is 11.2 Å². The molecular weight excluding hydrogens is 580 g/mol. The highest BCUT2D eigenvalue weighted by Gasteiger charge is 2.21. The number of ether oxygens (including phenoxy) is 2. The first-order chi connectivity index (χ1) is 19.7. The third-order valence-corrected chi connectivity index (χ3v) is 8.79. The average molecular weight is 625 g/mol. The molecule has 0 saturated carbocycles. The SMILES string of the molecule is C#C.O.O.O.O.O=C1CC[C@@H](COc2ccc(-c3sc4ccccc4c3Cc3ccc(OCCN4CCCC4)cc3)cc2)N1. The van der Waals surface area contributed by atoms with Crippen LogP contribution in [0.3, 0.4) is 0 Å². The Labute approximate surface area is 263 Å². The summed E-state index contributed by atoms with van der Waals surface area (Å²) in [4.78, 5) is 15.2. The lowest BCUT2D eigenvalue weighted by Crippen LogP contribution is -2.30. The van der Waals surface area contributed by atoms with Crippen LogP contribution < -0.4 is 14.8 Å². The highest BCUT2D eigenvalue weighted by Crippen LogP contribution is 2.40. The maximum absolute atomic E-state index is 11.4. The molecule has 0 spiro atoms. The first-order valence-corrected chi connectivity index (χ1v) is 14.8. The fourth-order valence-electron chi connectivity index (χ4n) is 5.42. The molecule has 44 heavy (non-hydrogen) atoms. The van der Waals surface area contributed by atoms with Gasteiger partial charge in [-0.25, -0.2) is 0 Å². The van der Waals surface area contributed by atoms with Crippen molar-refractivity contribution in [2.45, 2.75) is 38.1 Å². The van der Waals surface area contributed by atoms with Crippen molar-refractivity contribution in [3.05, 3.63) is 83.9 Å². The van der Waals surface area contributed by atoms with Gasteiger partial charge in [-0.15, -0.1) is 24.2 Å². The van der Waals surface area contributed by atoms with Crippen molar-refractivity contribution in [2.24, 2.45) is 0 Å². The number of terminal acetylenes is 1. The molecular formula is C34H44N2O7S. The number of amides is 1. The smallest absolute Gasteiger partial charge is 0.220 e. The van der Waals surface area contributed by atoms with Gasteiger partial charge in [-0.3, -0.25) is 9.69 Å². The van der Waals surface area contributed by atoms with Crippen LogP contribution in [0.2, 0.25) is 0 Å². The number of fused-ring (bicyclic) bond motifs is 1. The number of thiophene rings is 1. The first kappa shape index (κ1) is 38.1. The Hall–Kier alpha value is -3.95. The molecule has 0 radical (unpaired) electrons. The summed E-state index contributed by atoms with van der Waals surface area (Å²) in [5, 5.41) is 4.28. The highest BCUT2D eigenvalue weighted by molar-refractivity contribution is 7.22. The lowest BCUT2D eigenvalue weighted by Gasteiger charge is -2.15. The van der Waals surface area contributed by atoms with Crippen molar-refractivity contribution in [1.82, 2.24) is 10.2 Å².